The summed E-state index contributed by atoms with van der Waals surface area (Å²) in [6, 6.07) is 25.2. The molecule has 0 saturated carbocycles. The molecule has 1 amide bonds. The summed E-state index contributed by atoms with van der Waals surface area (Å²) in [6.07, 6.45) is 3.25. The van der Waals surface area contributed by atoms with Crippen LogP contribution in [-0.4, -0.2) is 20.5 Å². The molecular formula is C27H17FN4O2S2. The molecule has 6 aromatic rings. The Kier molecular flexibility index (Phi) is 5.84. The molecule has 0 atom stereocenters. The molecule has 6 rings (SSSR count). The smallest absolute Gasteiger partial charge is 0.410 e. The molecule has 0 spiro atoms. The van der Waals surface area contributed by atoms with Gasteiger partial charge in [-0.25, -0.2) is 19.2 Å². The van der Waals surface area contributed by atoms with Crippen molar-refractivity contribution in [3.63, 3.8) is 0 Å². The van der Waals surface area contributed by atoms with Crippen LogP contribution in [0.3, 0.4) is 0 Å². The van der Waals surface area contributed by atoms with Crippen LogP contribution in [0.15, 0.2) is 107 Å². The molecule has 176 valence electrons. The van der Waals surface area contributed by atoms with Crippen molar-refractivity contribution in [1.82, 2.24) is 14.4 Å². The minimum absolute atomic E-state index is 0.261. The highest BCUT2D eigenvalue weighted by atomic mass is 32.2. The van der Waals surface area contributed by atoms with Crippen molar-refractivity contribution in [2.45, 2.75) is 9.92 Å². The molecule has 3 aromatic carbocycles. The van der Waals surface area contributed by atoms with Gasteiger partial charge in [-0.3, -0.25) is 9.72 Å². The van der Waals surface area contributed by atoms with Crippen LogP contribution >= 0.6 is 23.1 Å². The summed E-state index contributed by atoms with van der Waals surface area (Å²) in [5.74, 6) is 0.203. The van der Waals surface area contributed by atoms with Crippen molar-refractivity contribution in [2.24, 2.45) is 0 Å². The maximum Gasteiger partial charge on any atom is 0.418 e. The summed E-state index contributed by atoms with van der Waals surface area (Å²) in [5.41, 5.74) is 3.51. The molecule has 6 nitrogen and oxygen atoms in total. The number of benzene rings is 3. The maximum atomic E-state index is 13.3. The Morgan fingerprint density at radius 1 is 0.972 bits per heavy atom. The van der Waals surface area contributed by atoms with Gasteiger partial charge in [0.1, 0.15) is 22.2 Å². The lowest BCUT2D eigenvalue weighted by Crippen LogP contribution is -2.16. The highest BCUT2D eigenvalue weighted by Crippen LogP contribution is 2.34. The third-order valence-electron chi connectivity index (χ3n) is 5.39. The summed E-state index contributed by atoms with van der Waals surface area (Å²) in [4.78, 5) is 22.2. The molecule has 3 aromatic heterocycles. The van der Waals surface area contributed by atoms with E-state index in [1.165, 1.54) is 23.5 Å². The first-order chi connectivity index (χ1) is 17.6. The van der Waals surface area contributed by atoms with Crippen LogP contribution in [0.25, 0.3) is 27.0 Å². The van der Waals surface area contributed by atoms with E-state index in [0.29, 0.717) is 10.9 Å². The molecule has 0 bridgehead atoms. The Bertz CT molecular complexity index is 1700. The van der Waals surface area contributed by atoms with Gasteiger partial charge in [-0.15, -0.1) is 0 Å². The van der Waals surface area contributed by atoms with Gasteiger partial charge in [-0.05, 0) is 65.7 Å². The Morgan fingerprint density at radius 2 is 1.78 bits per heavy atom. The van der Waals surface area contributed by atoms with Crippen LogP contribution in [0.5, 0.6) is 5.75 Å². The summed E-state index contributed by atoms with van der Waals surface area (Å²) in [5, 5.41) is 4.11. The number of rotatable bonds is 5. The molecule has 0 aliphatic carbocycles. The van der Waals surface area contributed by atoms with Crippen molar-refractivity contribution in [2.75, 3.05) is 5.32 Å². The number of halogens is 1. The number of aromatic nitrogens is 3. The molecule has 0 aliphatic heterocycles. The maximum absolute atomic E-state index is 13.3. The standard InChI is InChI=1S/C27H17FN4O2S2/c28-19-9-6-17(7-10-19)18-8-13-24-29-15-25(32(24)16-18)35-21-11-12-22-23(14-21)36-26(30-22)31-27(33)34-20-4-2-1-3-5-20/h1-16H,(H,30,31,33). The fourth-order valence-corrected chi connectivity index (χ4v) is 5.57. The number of carbonyl (C=O) groups is 1. The highest BCUT2D eigenvalue weighted by molar-refractivity contribution is 7.99. The highest BCUT2D eigenvalue weighted by Gasteiger charge is 2.12. The molecule has 1 N–H and O–H groups in total. The summed E-state index contributed by atoms with van der Waals surface area (Å²) < 4.78 is 21.6. The molecule has 0 fully saturated rings. The molecule has 0 saturated heterocycles. The van der Waals surface area contributed by atoms with E-state index in [1.807, 2.05) is 53.2 Å². The van der Waals surface area contributed by atoms with Crippen molar-refractivity contribution in [3.05, 3.63) is 103 Å². The topological polar surface area (TPSA) is 68.5 Å². The third-order valence-corrected chi connectivity index (χ3v) is 7.33. The number of fused-ring (bicyclic) bond motifs is 2. The lowest BCUT2D eigenvalue weighted by atomic mass is 10.1. The van der Waals surface area contributed by atoms with Crippen LogP contribution in [0.1, 0.15) is 0 Å². The van der Waals surface area contributed by atoms with Crippen LogP contribution in [0, 0.1) is 5.82 Å². The van der Waals surface area contributed by atoms with Gasteiger partial charge in [0.15, 0.2) is 5.13 Å². The first-order valence-electron chi connectivity index (χ1n) is 11.0. The van der Waals surface area contributed by atoms with Crippen LogP contribution in [0.4, 0.5) is 14.3 Å². The molecule has 0 radical (unpaired) electrons. The van der Waals surface area contributed by atoms with Gasteiger partial charge in [-0.2, -0.15) is 0 Å². The van der Waals surface area contributed by atoms with Crippen molar-refractivity contribution in [3.8, 4) is 16.9 Å². The second-order valence-electron chi connectivity index (χ2n) is 7.83. The SMILES string of the molecule is O=C(Nc1nc2ccc(Sc3cnc4ccc(-c5ccc(F)cc5)cn34)cc2s1)Oc1ccccc1. The largest absolute Gasteiger partial charge is 0.418 e. The minimum atomic E-state index is -0.586. The number of anilines is 1. The number of ether oxygens (including phenoxy) is 1. The lowest BCUT2D eigenvalue weighted by Gasteiger charge is -2.06. The Morgan fingerprint density at radius 3 is 2.61 bits per heavy atom. The number of hydrogen-bond acceptors (Lipinski definition) is 6. The zero-order valence-electron chi connectivity index (χ0n) is 18.6. The first kappa shape index (κ1) is 22.3. The molecule has 0 aliphatic rings. The van der Waals surface area contributed by atoms with Gasteiger partial charge in [0.05, 0.1) is 16.4 Å². The fraction of sp³-hybridized carbons (Fsp3) is 0. The van der Waals surface area contributed by atoms with E-state index in [0.717, 1.165) is 36.9 Å². The van der Waals surface area contributed by atoms with Crippen LogP contribution in [0.2, 0.25) is 0 Å². The molecule has 9 heteroatoms. The van der Waals surface area contributed by atoms with Gasteiger partial charge < -0.3 is 4.74 Å². The second-order valence-corrected chi connectivity index (χ2v) is 9.95. The number of nitrogens with zero attached hydrogens (tertiary/aromatic N) is 3. The monoisotopic (exact) mass is 512 g/mol. The molecular weight excluding hydrogens is 495 g/mol. The van der Waals surface area contributed by atoms with Gasteiger partial charge >= 0.3 is 6.09 Å². The normalized spacial score (nSPS) is 11.1. The number of thiazole rings is 1. The molecule has 3 heterocycles. The predicted octanol–water partition coefficient (Wildman–Crippen LogP) is 7.51. The number of nitrogens with one attached hydrogen (secondary N) is 1. The second kappa shape index (κ2) is 9.44. The van der Waals surface area contributed by atoms with Gasteiger partial charge in [0.25, 0.3) is 0 Å². The van der Waals surface area contributed by atoms with Gasteiger partial charge in [0.2, 0.25) is 0 Å². The zero-order chi connectivity index (χ0) is 24.5. The predicted molar refractivity (Wildman–Crippen MR) is 140 cm³/mol. The van der Waals surface area contributed by atoms with E-state index in [4.69, 9.17) is 4.74 Å². The number of para-hydroxylation sites is 1. The zero-order valence-corrected chi connectivity index (χ0v) is 20.2. The van der Waals surface area contributed by atoms with Crippen molar-refractivity contribution >= 4 is 50.2 Å². The Balaban J connectivity index is 1.22. The van der Waals surface area contributed by atoms with E-state index in [1.54, 1.807) is 48.2 Å². The van der Waals surface area contributed by atoms with Crippen LogP contribution in [-0.2, 0) is 0 Å². The van der Waals surface area contributed by atoms with E-state index in [2.05, 4.69) is 15.3 Å². The van der Waals surface area contributed by atoms with Gasteiger partial charge in [0, 0.05) is 11.1 Å². The minimum Gasteiger partial charge on any atom is -0.410 e. The van der Waals surface area contributed by atoms with Crippen molar-refractivity contribution < 1.29 is 13.9 Å². The fourth-order valence-electron chi connectivity index (χ4n) is 3.70. The number of carbonyl (C=O) groups excluding carboxylic acids is 1. The summed E-state index contributed by atoms with van der Waals surface area (Å²) in [6.45, 7) is 0. The van der Waals surface area contributed by atoms with E-state index >= 15 is 0 Å². The van der Waals surface area contributed by atoms with E-state index < -0.39 is 6.09 Å². The number of imidazole rings is 1. The van der Waals surface area contributed by atoms with Crippen LogP contribution < -0.4 is 10.1 Å². The number of hydrogen-bond donors (Lipinski definition) is 1. The first-order valence-corrected chi connectivity index (χ1v) is 12.6. The quantitative estimate of drug-likeness (QED) is 0.259. The number of pyridine rings is 1. The Labute approximate surface area is 213 Å². The Hall–Kier alpha value is -4.21. The average Bonchev–Trinajstić information content (AvgIpc) is 3.47. The third kappa shape index (κ3) is 4.66. The summed E-state index contributed by atoms with van der Waals surface area (Å²) >= 11 is 2.96. The summed E-state index contributed by atoms with van der Waals surface area (Å²) in [7, 11) is 0. The van der Waals surface area contributed by atoms with Crippen molar-refractivity contribution in [1.29, 1.82) is 0 Å². The molecule has 36 heavy (non-hydrogen) atoms. The lowest BCUT2D eigenvalue weighted by molar-refractivity contribution is 0.215. The average molecular weight is 513 g/mol. The van der Waals surface area contributed by atoms with E-state index in [-0.39, 0.29) is 5.82 Å². The van der Waals surface area contributed by atoms with E-state index in [9.17, 15) is 9.18 Å². The van der Waals surface area contributed by atoms with Gasteiger partial charge in [-0.1, -0.05) is 53.4 Å². The molecule has 0 unspecified atom stereocenters. The number of amides is 1.